The first-order valence-corrected chi connectivity index (χ1v) is 5.26. The van der Waals surface area contributed by atoms with Crippen molar-refractivity contribution >= 4 is 0 Å². The summed E-state index contributed by atoms with van der Waals surface area (Å²) in [4.78, 5) is -2.95. The van der Waals surface area contributed by atoms with E-state index in [1.54, 1.807) is 0 Å². The number of rotatable bonds is 3. The molecule has 0 aromatic carbocycles. The lowest BCUT2D eigenvalue weighted by Crippen LogP contribution is -2.76. The second kappa shape index (κ2) is 5.27. The highest BCUT2D eigenvalue weighted by Crippen LogP contribution is 2.57. The first-order chi connectivity index (χ1) is 9.93. The summed E-state index contributed by atoms with van der Waals surface area (Å²) >= 11 is 0. The Morgan fingerprint density at radius 2 is 1.22 bits per heavy atom. The molecule has 138 valence electrons. The minimum atomic E-state index is -6.59. The summed E-state index contributed by atoms with van der Waals surface area (Å²) in [5, 5.41) is 8.28. The predicted octanol–water partition coefficient (Wildman–Crippen LogP) is 3.16. The number of nitrogens with zero attached hydrogens (tertiary/aromatic N) is 1. The lowest BCUT2D eigenvalue weighted by Gasteiger charge is -2.49. The monoisotopic (exact) mass is 375 g/mol. The van der Waals surface area contributed by atoms with Gasteiger partial charge in [-0.1, -0.05) is 0 Å². The van der Waals surface area contributed by atoms with Crippen LogP contribution in [0.25, 0.3) is 0 Å². The van der Waals surface area contributed by atoms with Crippen LogP contribution in [0.5, 0.6) is 0 Å². The summed E-state index contributed by atoms with van der Waals surface area (Å²) in [6.07, 6.45) is -23.7. The largest absolute Gasteiger partial charge is 0.439 e. The molecular weight excluding hydrogens is 370 g/mol. The summed E-state index contributed by atoms with van der Waals surface area (Å²) in [7, 11) is 0. The molecule has 2 unspecified atom stereocenters. The molecular formula is C8H5F12NO2. The Morgan fingerprint density at radius 1 is 0.870 bits per heavy atom. The number of ether oxygens (including phenoxy) is 1. The SMILES string of the molecule is OCC(C(F)N1C(F)(F)C(F)(F)OC(F)(F)C1(F)F)C(F)(F)F. The number of alkyl halides is 12. The molecule has 1 aliphatic rings. The lowest BCUT2D eigenvalue weighted by molar-refractivity contribution is -0.573. The van der Waals surface area contributed by atoms with Crippen LogP contribution in [0.15, 0.2) is 0 Å². The molecule has 23 heavy (non-hydrogen) atoms. The number of hydrogen-bond donors (Lipinski definition) is 1. The summed E-state index contributed by atoms with van der Waals surface area (Å²) in [6.45, 7) is -2.45. The maximum absolute atomic E-state index is 13.5. The molecule has 0 amide bonds. The molecule has 0 spiro atoms. The fourth-order valence-corrected chi connectivity index (χ4v) is 1.58. The van der Waals surface area contributed by atoms with Crippen molar-refractivity contribution in [1.82, 2.24) is 4.90 Å². The molecule has 1 heterocycles. The molecule has 1 rings (SSSR count). The van der Waals surface area contributed by atoms with Gasteiger partial charge in [0.2, 0.25) is 0 Å². The van der Waals surface area contributed by atoms with E-state index < -0.39 is 54.2 Å². The van der Waals surface area contributed by atoms with E-state index >= 15 is 0 Å². The summed E-state index contributed by atoms with van der Waals surface area (Å²) in [6, 6.07) is -13.2. The van der Waals surface area contributed by atoms with Gasteiger partial charge >= 0.3 is 30.5 Å². The van der Waals surface area contributed by atoms with E-state index in [0.29, 0.717) is 0 Å². The van der Waals surface area contributed by atoms with Gasteiger partial charge in [-0.05, 0) is 0 Å². The maximum Gasteiger partial charge on any atom is 0.439 e. The van der Waals surface area contributed by atoms with Gasteiger partial charge in [-0.15, -0.1) is 4.90 Å². The van der Waals surface area contributed by atoms with Gasteiger partial charge in [0.05, 0.1) is 6.61 Å². The molecule has 0 radical (unpaired) electrons. The van der Waals surface area contributed by atoms with Gasteiger partial charge in [0.25, 0.3) is 0 Å². The van der Waals surface area contributed by atoms with Crippen LogP contribution in [-0.2, 0) is 4.74 Å². The highest BCUT2D eigenvalue weighted by atomic mass is 19.4. The predicted molar refractivity (Wildman–Crippen MR) is 44.2 cm³/mol. The van der Waals surface area contributed by atoms with E-state index in [1.807, 2.05) is 4.74 Å². The Labute approximate surface area is 118 Å². The van der Waals surface area contributed by atoms with Crippen LogP contribution in [-0.4, -0.2) is 53.4 Å². The standard InChI is InChI=1S/C8H5F12NO2/c9-3(2(1-22)4(10,11)12)21-5(13,14)7(17,18)23-8(19,20)6(21,15)16/h2-3,22H,1H2. The fraction of sp³-hybridized carbons (Fsp3) is 1.00. The third-order valence-electron chi connectivity index (χ3n) is 2.76. The van der Waals surface area contributed by atoms with Gasteiger partial charge in [0.1, 0.15) is 5.92 Å². The van der Waals surface area contributed by atoms with E-state index in [4.69, 9.17) is 5.11 Å². The van der Waals surface area contributed by atoms with Gasteiger partial charge in [0, 0.05) is 0 Å². The number of aliphatic hydroxyl groups is 1. The minimum absolute atomic E-state index is 1.95. The molecule has 0 aliphatic carbocycles. The Kier molecular flexibility index (Phi) is 4.60. The second-order valence-corrected chi connectivity index (χ2v) is 4.29. The summed E-state index contributed by atoms with van der Waals surface area (Å²) in [5.41, 5.74) is 0. The molecule has 0 aromatic rings. The molecule has 1 fully saturated rings. The van der Waals surface area contributed by atoms with E-state index in [1.165, 1.54) is 0 Å². The van der Waals surface area contributed by atoms with Crippen molar-refractivity contribution in [2.24, 2.45) is 5.92 Å². The van der Waals surface area contributed by atoms with Gasteiger partial charge in [-0.25, -0.2) is 9.13 Å². The Bertz CT molecular complexity index is 423. The third kappa shape index (κ3) is 2.93. The van der Waals surface area contributed by atoms with E-state index in [-0.39, 0.29) is 0 Å². The number of morpholine rings is 1. The van der Waals surface area contributed by atoms with Crippen LogP contribution in [0.4, 0.5) is 52.7 Å². The van der Waals surface area contributed by atoms with Gasteiger partial charge < -0.3 is 5.11 Å². The molecule has 0 aromatic heterocycles. The molecule has 1 saturated heterocycles. The molecule has 15 heteroatoms. The fourth-order valence-electron chi connectivity index (χ4n) is 1.58. The number of halogens is 12. The molecule has 3 nitrogen and oxygen atoms in total. The van der Waals surface area contributed by atoms with Crippen LogP contribution in [0.1, 0.15) is 0 Å². The zero-order valence-electron chi connectivity index (χ0n) is 10.2. The molecule has 1 N–H and O–H groups in total. The highest BCUT2D eigenvalue weighted by Gasteiger charge is 2.84. The number of hydrogen-bond acceptors (Lipinski definition) is 3. The zero-order valence-corrected chi connectivity index (χ0v) is 10.2. The normalized spacial score (nSPS) is 29.1. The Balaban J connectivity index is 3.48. The lowest BCUT2D eigenvalue weighted by atomic mass is 10.1. The maximum atomic E-state index is 13.5. The second-order valence-electron chi connectivity index (χ2n) is 4.29. The van der Waals surface area contributed by atoms with Crippen molar-refractivity contribution in [1.29, 1.82) is 0 Å². The molecule has 1 aliphatic heterocycles. The van der Waals surface area contributed by atoms with Crippen LogP contribution in [0.2, 0.25) is 0 Å². The van der Waals surface area contributed by atoms with Gasteiger partial charge in [0.15, 0.2) is 6.30 Å². The summed E-state index contributed by atoms with van der Waals surface area (Å²) < 4.78 is 156. The van der Waals surface area contributed by atoms with Gasteiger partial charge in [-0.2, -0.15) is 48.3 Å². The first kappa shape index (κ1) is 20.1. The number of aliphatic hydroxyl groups excluding tert-OH is 1. The zero-order chi connectivity index (χ0) is 18.6. The smallest absolute Gasteiger partial charge is 0.396 e. The van der Waals surface area contributed by atoms with Crippen molar-refractivity contribution in [3.05, 3.63) is 0 Å². The van der Waals surface area contributed by atoms with Crippen LogP contribution >= 0.6 is 0 Å². The minimum Gasteiger partial charge on any atom is -0.396 e. The van der Waals surface area contributed by atoms with Crippen LogP contribution in [0.3, 0.4) is 0 Å². The van der Waals surface area contributed by atoms with E-state index in [9.17, 15) is 52.7 Å². The van der Waals surface area contributed by atoms with Crippen molar-refractivity contribution in [3.63, 3.8) is 0 Å². The van der Waals surface area contributed by atoms with E-state index in [0.717, 1.165) is 0 Å². The average Bonchev–Trinajstić information content (AvgIpc) is 2.23. The molecule has 2 atom stereocenters. The topological polar surface area (TPSA) is 32.7 Å². The van der Waals surface area contributed by atoms with Crippen molar-refractivity contribution in [3.8, 4) is 0 Å². The van der Waals surface area contributed by atoms with Crippen molar-refractivity contribution in [2.75, 3.05) is 6.61 Å². The highest BCUT2D eigenvalue weighted by molar-refractivity contribution is 4.97. The summed E-state index contributed by atoms with van der Waals surface area (Å²) in [5.74, 6) is -4.09. The molecule has 0 saturated carbocycles. The van der Waals surface area contributed by atoms with Crippen molar-refractivity contribution < 1.29 is 62.5 Å². The van der Waals surface area contributed by atoms with Gasteiger partial charge in [-0.3, -0.25) is 0 Å². The van der Waals surface area contributed by atoms with Crippen LogP contribution in [0, 0.1) is 5.92 Å². The van der Waals surface area contributed by atoms with Crippen molar-refractivity contribution in [2.45, 2.75) is 36.8 Å². The van der Waals surface area contributed by atoms with Crippen LogP contribution < -0.4 is 0 Å². The Hall–Kier alpha value is -0.960. The third-order valence-corrected chi connectivity index (χ3v) is 2.76. The molecule has 0 bridgehead atoms. The Morgan fingerprint density at radius 3 is 1.48 bits per heavy atom. The average molecular weight is 375 g/mol. The first-order valence-electron chi connectivity index (χ1n) is 5.26. The van der Waals surface area contributed by atoms with E-state index in [2.05, 4.69) is 0 Å². The quantitative estimate of drug-likeness (QED) is 0.608.